The SMILES string of the molecule is N#Cc1cccc(NC(=O)c2nc(C(=O)NCc3ccccc3)c3ccccn23)c1. The van der Waals surface area contributed by atoms with E-state index in [0.717, 1.165) is 5.56 Å². The summed E-state index contributed by atoms with van der Waals surface area (Å²) in [5.41, 5.74) is 2.56. The second-order valence-corrected chi connectivity index (χ2v) is 6.55. The van der Waals surface area contributed by atoms with Crippen LogP contribution in [-0.4, -0.2) is 21.2 Å². The first-order valence-corrected chi connectivity index (χ1v) is 9.26. The summed E-state index contributed by atoms with van der Waals surface area (Å²) in [6.07, 6.45) is 1.68. The molecule has 0 atom stereocenters. The fourth-order valence-corrected chi connectivity index (χ4v) is 3.08. The highest BCUT2D eigenvalue weighted by molar-refractivity contribution is 6.06. The largest absolute Gasteiger partial charge is 0.347 e. The number of hydrogen-bond donors (Lipinski definition) is 2. The molecule has 0 unspecified atom stereocenters. The molecule has 4 rings (SSSR count). The number of fused-ring (bicyclic) bond motifs is 1. The van der Waals surface area contributed by atoms with Crippen LogP contribution in [0.5, 0.6) is 0 Å². The molecule has 4 aromatic rings. The van der Waals surface area contributed by atoms with E-state index in [0.29, 0.717) is 23.3 Å². The first-order valence-electron chi connectivity index (χ1n) is 9.26. The minimum absolute atomic E-state index is 0.0813. The van der Waals surface area contributed by atoms with Gasteiger partial charge in [-0.1, -0.05) is 42.5 Å². The number of hydrogen-bond acceptors (Lipinski definition) is 4. The van der Waals surface area contributed by atoms with Crippen LogP contribution in [0.25, 0.3) is 5.52 Å². The number of benzene rings is 2. The van der Waals surface area contributed by atoms with E-state index in [-0.39, 0.29) is 17.4 Å². The van der Waals surface area contributed by atoms with Crippen LogP contribution < -0.4 is 10.6 Å². The predicted octanol–water partition coefficient (Wildman–Crippen LogP) is 3.39. The van der Waals surface area contributed by atoms with Crippen molar-refractivity contribution in [3.05, 3.63) is 102 Å². The number of carbonyl (C=O) groups excluding carboxylic acids is 2. The Kier molecular flexibility index (Phi) is 5.22. The van der Waals surface area contributed by atoms with E-state index in [1.54, 1.807) is 53.1 Å². The molecule has 0 aliphatic rings. The lowest BCUT2D eigenvalue weighted by Crippen LogP contribution is -2.23. The number of nitrogens with one attached hydrogen (secondary N) is 2. The highest BCUT2D eigenvalue weighted by Gasteiger charge is 2.21. The molecule has 0 fully saturated rings. The molecular weight excluding hydrogens is 378 g/mol. The maximum absolute atomic E-state index is 12.8. The monoisotopic (exact) mass is 395 g/mol. The molecule has 0 radical (unpaired) electrons. The maximum Gasteiger partial charge on any atom is 0.292 e. The Balaban J connectivity index is 1.60. The van der Waals surface area contributed by atoms with E-state index >= 15 is 0 Å². The number of nitrogens with zero attached hydrogens (tertiary/aromatic N) is 3. The van der Waals surface area contributed by atoms with Crippen molar-refractivity contribution < 1.29 is 9.59 Å². The standard InChI is InChI=1S/C23H17N5O2/c24-14-17-9-6-10-18(13-17)26-23(30)21-27-20(19-11-4-5-12-28(19)21)22(29)25-15-16-7-2-1-3-8-16/h1-13H,15H2,(H,25,29)(H,26,30). The average Bonchev–Trinajstić information content (AvgIpc) is 3.18. The lowest BCUT2D eigenvalue weighted by Gasteiger charge is -2.04. The van der Waals surface area contributed by atoms with Gasteiger partial charge in [-0.05, 0) is 35.9 Å². The molecule has 0 aliphatic carbocycles. The summed E-state index contributed by atoms with van der Waals surface area (Å²) in [6.45, 7) is 0.355. The predicted molar refractivity (Wildman–Crippen MR) is 112 cm³/mol. The zero-order valence-corrected chi connectivity index (χ0v) is 15.9. The number of aromatic nitrogens is 2. The summed E-state index contributed by atoms with van der Waals surface area (Å²) < 4.78 is 1.57. The van der Waals surface area contributed by atoms with Crippen LogP contribution in [0.1, 0.15) is 32.2 Å². The molecular formula is C23H17N5O2. The summed E-state index contributed by atoms with van der Waals surface area (Å²) in [5, 5.41) is 14.6. The molecule has 0 bridgehead atoms. The first-order chi connectivity index (χ1) is 14.7. The zero-order valence-electron chi connectivity index (χ0n) is 15.9. The number of carbonyl (C=O) groups is 2. The summed E-state index contributed by atoms with van der Waals surface area (Å²) in [6, 6.07) is 23.4. The van der Waals surface area contributed by atoms with Gasteiger partial charge in [-0.2, -0.15) is 5.26 Å². The van der Waals surface area contributed by atoms with E-state index in [1.807, 2.05) is 36.4 Å². The van der Waals surface area contributed by atoms with Crippen LogP contribution in [-0.2, 0) is 6.54 Å². The van der Waals surface area contributed by atoms with E-state index in [4.69, 9.17) is 5.26 Å². The van der Waals surface area contributed by atoms with Crippen LogP contribution >= 0.6 is 0 Å². The van der Waals surface area contributed by atoms with Gasteiger partial charge in [0, 0.05) is 18.4 Å². The lowest BCUT2D eigenvalue weighted by molar-refractivity contribution is 0.0948. The summed E-state index contributed by atoms with van der Waals surface area (Å²) in [7, 11) is 0. The highest BCUT2D eigenvalue weighted by atomic mass is 16.2. The minimum Gasteiger partial charge on any atom is -0.347 e. The van der Waals surface area contributed by atoms with Gasteiger partial charge >= 0.3 is 0 Å². The minimum atomic E-state index is -0.478. The van der Waals surface area contributed by atoms with Crippen molar-refractivity contribution >= 4 is 23.0 Å². The number of pyridine rings is 1. The second kappa shape index (κ2) is 8.29. The third-order valence-electron chi connectivity index (χ3n) is 4.51. The Morgan fingerprint density at radius 2 is 1.77 bits per heavy atom. The van der Waals surface area contributed by atoms with Crippen LogP contribution in [0.15, 0.2) is 79.0 Å². The van der Waals surface area contributed by atoms with Crippen molar-refractivity contribution in [1.82, 2.24) is 14.7 Å². The Morgan fingerprint density at radius 1 is 0.967 bits per heavy atom. The van der Waals surface area contributed by atoms with Gasteiger partial charge in [-0.3, -0.25) is 14.0 Å². The average molecular weight is 395 g/mol. The normalized spacial score (nSPS) is 10.4. The van der Waals surface area contributed by atoms with Gasteiger partial charge in [-0.25, -0.2) is 4.98 Å². The number of anilines is 1. The quantitative estimate of drug-likeness (QED) is 0.541. The Morgan fingerprint density at radius 3 is 2.57 bits per heavy atom. The molecule has 30 heavy (non-hydrogen) atoms. The van der Waals surface area contributed by atoms with Crippen molar-refractivity contribution in [2.24, 2.45) is 0 Å². The molecule has 7 nitrogen and oxygen atoms in total. The topological polar surface area (TPSA) is 99.3 Å². The van der Waals surface area contributed by atoms with Gasteiger partial charge in [0.05, 0.1) is 17.1 Å². The third kappa shape index (κ3) is 3.88. The summed E-state index contributed by atoms with van der Waals surface area (Å²) in [4.78, 5) is 29.9. The molecule has 2 N–H and O–H groups in total. The van der Waals surface area contributed by atoms with Gasteiger partial charge in [0.15, 0.2) is 5.69 Å². The molecule has 0 saturated heterocycles. The molecule has 0 aliphatic heterocycles. The molecule has 2 amide bonds. The number of rotatable bonds is 5. The van der Waals surface area contributed by atoms with Crippen molar-refractivity contribution in [1.29, 1.82) is 5.26 Å². The van der Waals surface area contributed by atoms with Crippen LogP contribution in [0.4, 0.5) is 5.69 Å². The van der Waals surface area contributed by atoms with Gasteiger partial charge in [0.1, 0.15) is 0 Å². The van der Waals surface area contributed by atoms with E-state index in [1.165, 1.54) is 0 Å². The van der Waals surface area contributed by atoms with Crippen LogP contribution in [0.3, 0.4) is 0 Å². The van der Waals surface area contributed by atoms with Crippen molar-refractivity contribution in [2.75, 3.05) is 5.32 Å². The summed E-state index contributed by atoms with van der Waals surface area (Å²) >= 11 is 0. The van der Waals surface area contributed by atoms with E-state index in [9.17, 15) is 9.59 Å². The number of amides is 2. The molecule has 146 valence electrons. The Bertz CT molecular complexity index is 1270. The number of nitriles is 1. The van der Waals surface area contributed by atoms with Gasteiger partial charge in [0.2, 0.25) is 5.82 Å². The summed E-state index contributed by atoms with van der Waals surface area (Å²) in [5.74, 6) is -0.765. The Labute approximate surface area is 172 Å². The smallest absolute Gasteiger partial charge is 0.292 e. The lowest BCUT2D eigenvalue weighted by atomic mass is 10.2. The fourth-order valence-electron chi connectivity index (χ4n) is 3.08. The van der Waals surface area contributed by atoms with Crippen molar-refractivity contribution in [3.63, 3.8) is 0 Å². The van der Waals surface area contributed by atoms with Crippen LogP contribution in [0, 0.1) is 11.3 Å². The molecule has 2 aromatic heterocycles. The van der Waals surface area contributed by atoms with Crippen molar-refractivity contribution in [2.45, 2.75) is 6.54 Å². The molecule has 0 saturated carbocycles. The van der Waals surface area contributed by atoms with E-state index < -0.39 is 5.91 Å². The first kappa shape index (κ1) is 18.9. The van der Waals surface area contributed by atoms with Gasteiger partial charge in [-0.15, -0.1) is 0 Å². The number of imidazole rings is 1. The third-order valence-corrected chi connectivity index (χ3v) is 4.51. The fraction of sp³-hybridized carbons (Fsp3) is 0.0435. The Hall–Kier alpha value is -4.44. The molecule has 7 heteroatoms. The maximum atomic E-state index is 12.8. The molecule has 2 aromatic carbocycles. The molecule has 2 heterocycles. The van der Waals surface area contributed by atoms with E-state index in [2.05, 4.69) is 15.6 Å². The highest BCUT2D eigenvalue weighted by Crippen LogP contribution is 2.16. The van der Waals surface area contributed by atoms with Gasteiger partial charge in [0.25, 0.3) is 11.8 Å². The second-order valence-electron chi connectivity index (χ2n) is 6.55. The van der Waals surface area contributed by atoms with Gasteiger partial charge < -0.3 is 10.6 Å². The van der Waals surface area contributed by atoms with Crippen LogP contribution in [0.2, 0.25) is 0 Å². The van der Waals surface area contributed by atoms with Crippen molar-refractivity contribution in [3.8, 4) is 6.07 Å². The molecule has 0 spiro atoms. The zero-order chi connectivity index (χ0) is 20.9.